The Bertz CT molecular complexity index is 854. The van der Waals surface area contributed by atoms with Gasteiger partial charge in [-0.1, -0.05) is 24.3 Å². The number of halogens is 2. The Labute approximate surface area is 155 Å². The lowest BCUT2D eigenvalue weighted by Crippen LogP contribution is -2.28. The summed E-state index contributed by atoms with van der Waals surface area (Å²) in [5.41, 5.74) is 1.10. The van der Waals surface area contributed by atoms with E-state index >= 15 is 0 Å². The van der Waals surface area contributed by atoms with Gasteiger partial charge in [-0.15, -0.1) is 0 Å². The van der Waals surface area contributed by atoms with Crippen molar-refractivity contribution in [3.63, 3.8) is 0 Å². The summed E-state index contributed by atoms with van der Waals surface area (Å²) < 4.78 is 32.3. The van der Waals surface area contributed by atoms with Crippen molar-refractivity contribution in [3.05, 3.63) is 65.2 Å². The van der Waals surface area contributed by atoms with Crippen LogP contribution < -0.4 is 4.74 Å². The number of ether oxygens (including phenoxy) is 1. The molecule has 27 heavy (non-hydrogen) atoms. The number of carbonyl (C=O) groups is 2. The molecular weight excluding hydrogens is 356 g/mol. The summed E-state index contributed by atoms with van der Waals surface area (Å²) in [6.07, 6.45) is 0.505. The first-order valence-electron chi connectivity index (χ1n) is 8.49. The van der Waals surface area contributed by atoms with E-state index in [1.807, 2.05) is 0 Å². The molecule has 0 aliphatic heterocycles. The fourth-order valence-corrected chi connectivity index (χ4v) is 3.09. The number of nitrogens with zero attached hydrogens (tertiary/aromatic N) is 1. The minimum atomic E-state index is -1.06. The van der Waals surface area contributed by atoms with E-state index in [2.05, 4.69) is 0 Å². The molecule has 142 valence electrons. The molecular formula is C20H19F2NO4. The average molecular weight is 375 g/mol. The summed E-state index contributed by atoms with van der Waals surface area (Å²) in [7, 11) is 1.66. The van der Waals surface area contributed by atoms with Crippen molar-refractivity contribution in [1.82, 2.24) is 4.90 Å². The maximum absolute atomic E-state index is 13.9. The van der Waals surface area contributed by atoms with Gasteiger partial charge in [0.1, 0.15) is 5.75 Å². The molecule has 0 spiro atoms. The second kappa shape index (κ2) is 7.73. The zero-order valence-corrected chi connectivity index (χ0v) is 14.7. The third-order valence-corrected chi connectivity index (χ3v) is 4.57. The molecule has 0 saturated heterocycles. The topological polar surface area (TPSA) is 66.8 Å². The van der Waals surface area contributed by atoms with Crippen LogP contribution in [0.4, 0.5) is 8.78 Å². The molecule has 0 radical (unpaired) electrons. The number of amides is 1. The number of carboxylic acids is 1. The first-order chi connectivity index (χ1) is 12.9. The van der Waals surface area contributed by atoms with Crippen LogP contribution in [0.3, 0.4) is 0 Å². The van der Waals surface area contributed by atoms with E-state index < -0.39 is 24.2 Å². The second-order valence-electron chi connectivity index (χ2n) is 6.61. The van der Waals surface area contributed by atoms with E-state index in [4.69, 9.17) is 9.84 Å². The molecule has 7 heteroatoms. The summed E-state index contributed by atoms with van der Waals surface area (Å²) in [5.74, 6) is -3.15. The van der Waals surface area contributed by atoms with Crippen LogP contribution in [0.25, 0.3) is 0 Å². The molecule has 0 bridgehead atoms. The van der Waals surface area contributed by atoms with Gasteiger partial charge in [0.05, 0.1) is 0 Å². The maximum Gasteiger partial charge on any atom is 0.341 e. The number of hydrogen-bond acceptors (Lipinski definition) is 3. The average Bonchev–Trinajstić information content (AvgIpc) is 3.43. The number of benzene rings is 2. The van der Waals surface area contributed by atoms with Gasteiger partial charge < -0.3 is 14.7 Å². The first-order valence-corrected chi connectivity index (χ1v) is 8.49. The van der Waals surface area contributed by atoms with Crippen molar-refractivity contribution in [3.8, 4) is 5.75 Å². The van der Waals surface area contributed by atoms with Crippen LogP contribution in [0.15, 0.2) is 42.5 Å². The lowest BCUT2D eigenvalue weighted by Gasteiger charge is -2.18. The molecule has 2 atom stereocenters. The lowest BCUT2D eigenvalue weighted by atomic mass is 10.1. The summed E-state index contributed by atoms with van der Waals surface area (Å²) >= 11 is 0. The third-order valence-electron chi connectivity index (χ3n) is 4.57. The van der Waals surface area contributed by atoms with Gasteiger partial charge in [-0.3, -0.25) is 4.79 Å². The predicted octanol–water partition coefficient (Wildman–Crippen LogP) is 3.19. The number of aliphatic carboxylic acids is 1. The molecule has 1 amide bonds. The second-order valence-corrected chi connectivity index (χ2v) is 6.61. The van der Waals surface area contributed by atoms with Crippen LogP contribution in [-0.2, 0) is 16.1 Å². The molecule has 5 nitrogen and oxygen atoms in total. The molecule has 3 rings (SSSR count). The van der Waals surface area contributed by atoms with E-state index in [0.717, 1.165) is 11.6 Å². The van der Waals surface area contributed by atoms with Crippen LogP contribution in [0.5, 0.6) is 5.75 Å². The maximum atomic E-state index is 13.9. The van der Waals surface area contributed by atoms with Gasteiger partial charge in [-0.2, -0.15) is 0 Å². The third kappa shape index (κ3) is 4.42. The van der Waals surface area contributed by atoms with E-state index in [9.17, 15) is 18.4 Å². The molecule has 1 fully saturated rings. The molecule has 1 N–H and O–H groups in total. The van der Waals surface area contributed by atoms with E-state index in [-0.39, 0.29) is 23.3 Å². The Balaban J connectivity index is 1.57. The van der Waals surface area contributed by atoms with Gasteiger partial charge >= 0.3 is 5.97 Å². The number of carboxylic acid groups (broad SMARTS) is 1. The first kappa shape index (κ1) is 18.8. The van der Waals surface area contributed by atoms with Crippen LogP contribution in [-0.4, -0.2) is 35.5 Å². The molecule has 2 aromatic rings. The Hall–Kier alpha value is -2.96. The van der Waals surface area contributed by atoms with Crippen molar-refractivity contribution < 1.29 is 28.2 Å². The van der Waals surface area contributed by atoms with Crippen LogP contribution >= 0.6 is 0 Å². The fourth-order valence-electron chi connectivity index (χ4n) is 3.09. The Morgan fingerprint density at radius 3 is 2.56 bits per heavy atom. The van der Waals surface area contributed by atoms with Gasteiger partial charge in [0.25, 0.3) is 0 Å². The van der Waals surface area contributed by atoms with Crippen LogP contribution in [0.1, 0.15) is 23.5 Å². The van der Waals surface area contributed by atoms with Crippen LogP contribution in [0, 0.1) is 17.6 Å². The van der Waals surface area contributed by atoms with Crippen LogP contribution in [0.2, 0.25) is 0 Å². The normalized spacial score (nSPS) is 18.0. The predicted molar refractivity (Wildman–Crippen MR) is 93.3 cm³/mol. The van der Waals surface area contributed by atoms with Gasteiger partial charge in [-0.05, 0) is 41.7 Å². The lowest BCUT2D eigenvalue weighted by molar-refractivity contribution is -0.139. The Kier molecular flexibility index (Phi) is 5.39. The minimum Gasteiger partial charge on any atom is -0.482 e. The van der Waals surface area contributed by atoms with Crippen molar-refractivity contribution in [2.24, 2.45) is 5.92 Å². The zero-order chi connectivity index (χ0) is 19.6. The van der Waals surface area contributed by atoms with Crippen molar-refractivity contribution >= 4 is 11.9 Å². The highest BCUT2D eigenvalue weighted by Gasteiger charge is 2.46. The summed E-state index contributed by atoms with van der Waals surface area (Å²) in [4.78, 5) is 24.6. The smallest absolute Gasteiger partial charge is 0.341 e. The highest BCUT2D eigenvalue weighted by molar-refractivity contribution is 5.82. The molecule has 1 aliphatic carbocycles. The van der Waals surface area contributed by atoms with Crippen molar-refractivity contribution in [2.75, 3.05) is 13.7 Å². The molecule has 2 unspecified atom stereocenters. The Morgan fingerprint density at radius 1 is 1.19 bits per heavy atom. The SMILES string of the molecule is CN(Cc1ccc(OCC(=O)O)cc1)C(=O)C1CC1c1cccc(F)c1F. The monoisotopic (exact) mass is 375 g/mol. The van der Waals surface area contributed by atoms with Gasteiger partial charge in [-0.25, -0.2) is 13.6 Å². The van der Waals surface area contributed by atoms with E-state index in [1.54, 1.807) is 36.2 Å². The van der Waals surface area contributed by atoms with Gasteiger partial charge in [0.2, 0.25) is 5.91 Å². The summed E-state index contributed by atoms with van der Waals surface area (Å²) in [6.45, 7) is -0.0651. The van der Waals surface area contributed by atoms with E-state index in [1.165, 1.54) is 12.1 Å². The summed E-state index contributed by atoms with van der Waals surface area (Å²) in [6, 6.07) is 10.8. The van der Waals surface area contributed by atoms with Gasteiger partial charge in [0.15, 0.2) is 18.2 Å². The van der Waals surface area contributed by atoms with E-state index in [0.29, 0.717) is 18.7 Å². The highest BCUT2D eigenvalue weighted by Crippen LogP contribution is 2.49. The summed E-state index contributed by atoms with van der Waals surface area (Å²) in [5, 5.41) is 8.59. The Morgan fingerprint density at radius 2 is 1.89 bits per heavy atom. The van der Waals surface area contributed by atoms with Crippen molar-refractivity contribution in [2.45, 2.75) is 18.9 Å². The molecule has 2 aromatic carbocycles. The molecule has 0 aromatic heterocycles. The highest BCUT2D eigenvalue weighted by atomic mass is 19.2. The fraction of sp³-hybridized carbons (Fsp3) is 0.300. The molecule has 1 saturated carbocycles. The number of carbonyl (C=O) groups excluding carboxylic acids is 1. The van der Waals surface area contributed by atoms with Crippen molar-refractivity contribution in [1.29, 1.82) is 0 Å². The standard InChI is InChI=1S/C20H19F2NO4/c1-23(10-12-5-7-13(8-6-12)27-11-18(24)25)20(26)16-9-15(16)14-3-2-4-17(21)19(14)22/h2-8,15-16H,9-11H2,1H3,(H,24,25). The number of hydrogen-bond donors (Lipinski definition) is 1. The zero-order valence-electron chi connectivity index (χ0n) is 14.7. The molecule has 1 aliphatic rings. The molecule has 0 heterocycles. The quantitative estimate of drug-likeness (QED) is 0.807. The van der Waals surface area contributed by atoms with Gasteiger partial charge in [0, 0.05) is 19.5 Å². The largest absolute Gasteiger partial charge is 0.482 e. The minimum absolute atomic E-state index is 0.116. The number of rotatable bonds is 7.